The molecule has 1 atom stereocenters. The summed E-state index contributed by atoms with van der Waals surface area (Å²) in [7, 11) is 0. The maximum atomic E-state index is 12.4. The number of alkyl halides is 3. The van der Waals surface area contributed by atoms with Crippen LogP contribution in [0.4, 0.5) is 18.3 Å². The van der Waals surface area contributed by atoms with E-state index in [1.807, 2.05) is 0 Å². The maximum Gasteiger partial charge on any atom is 0.573 e. The van der Waals surface area contributed by atoms with E-state index in [1.165, 1.54) is 35.5 Å². The zero-order chi connectivity index (χ0) is 18.1. The summed E-state index contributed by atoms with van der Waals surface area (Å²) in [5, 5.41) is 0.993. The quantitative estimate of drug-likeness (QED) is 0.781. The number of benzene rings is 1. The lowest BCUT2D eigenvalue weighted by Gasteiger charge is -2.33. The predicted octanol–water partition coefficient (Wildman–Crippen LogP) is 4.50. The van der Waals surface area contributed by atoms with Crippen LogP contribution < -0.4 is 9.64 Å². The number of morpholine rings is 1. The van der Waals surface area contributed by atoms with Crippen molar-refractivity contribution in [3.8, 4) is 5.75 Å². The molecule has 4 nitrogen and oxygen atoms in total. The highest BCUT2D eigenvalue weighted by atomic mass is 32.1. The van der Waals surface area contributed by atoms with E-state index in [2.05, 4.69) is 9.64 Å². The van der Waals surface area contributed by atoms with Crippen LogP contribution in [-0.2, 0) is 17.6 Å². The zero-order valence-electron chi connectivity index (χ0n) is 14.1. The molecular formula is C18H19F3N2O2S. The van der Waals surface area contributed by atoms with Gasteiger partial charge in [-0.1, -0.05) is 12.1 Å². The second-order valence-electron chi connectivity index (χ2n) is 6.50. The molecule has 1 saturated heterocycles. The molecule has 2 aliphatic rings. The Bertz CT molecular complexity index is 755. The van der Waals surface area contributed by atoms with Gasteiger partial charge < -0.3 is 14.4 Å². The van der Waals surface area contributed by atoms with E-state index in [0.717, 1.165) is 24.5 Å². The van der Waals surface area contributed by atoms with Crippen molar-refractivity contribution in [1.29, 1.82) is 0 Å². The highest BCUT2D eigenvalue weighted by Gasteiger charge is 2.32. The lowest BCUT2D eigenvalue weighted by molar-refractivity contribution is -0.274. The molecule has 1 aliphatic heterocycles. The number of hydrogen-bond acceptors (Lipinski definition) is 5. The monoisotopic (exact) mass is 384 g/mol. The minimum atomic E-state index is -4.70. The van der Waals surface area contributed by atoms with Gasteiger partial charge >= 0.3 is 6.36 Å². The van der Waals surface area contributed by atoms with Gasteiger partial charge in [-0.25, -0.2) is 4.98 Å². The first-order chi connectivity index (χ1) is 12.5. The van der Waals surface area contributed by atoms with Gasteiger partial charge in [0.25, 0.3) is 0 Å². The molecular weight excluding hydrogens is 365 g/mol. The summed E-state index contributed by atoms with van der Waals surface area (Å²) in [6.07, 6.45) is -0.465. The Morgan fingerprint density at radius 2 is 2.08 bits per heavy atom. The van der Waals surface area contributed by atoms with Crippen molar-refractivity contribution in [2.45, 2.75) is 38.1 Å². The Morgan fingerprint density at radius 1 is 1.23 bits per heavy atom. The Hall–Kier alpha value is -1.80. The van der Waals surface area contributed by atoms with Crippen molar-refractivity contribution in [2.24, 2.45) is 0 Å². The summed E-state index contributed by atoms with van der Waals surface area (Å²) < 4.78 is 47.1. The number of halogens is 3. The van der Waals surface area contributed by atoms with Crippen molar-refractivity contribution < 1.29 is 22.6 Å². The molecule has 8 heteroatoms. The van der Waals surface area contributed by atoms with Crippen LogP contribution >= 0.6 is 11.3 Å². The Balaban J connectivity index is 1.50. The number of anilines is 1. The van der Waals surface area contributed by atoms with Gasteiger partial charge in [0, 0.05) is 11.4 Å². The smallest absolute Gasteiger partial charge is 0.406 e. The summed E-state index contributed by atoms with van der Waals surface area (Å²) in [5.41, 5.74) is 1.89. The van der Waals surface area contributed by atoms with Crippen molar-refractivity contribution in [3.05, 3.63) is 40.4 Å². The molecule has 1 aromatic heterocycles. The highest BCUT2D eigenvalue weighted by Crippen LogP contribution is 2.35. The van der Waals surface area contributed by atoms with Crippen LogP contribution in [0, 0.1) is 0 Å². The Morgan fingerprint density at radius 3 is 2.88 bits per heavy atom. The van der Waals surface area contributed by atoms with E-state index in [1.54, 1.807) is 23.5 Å². The summed E-state index contributed by atoms with van der Waals surface area (Å²) >= 11 is 1.74. The number of aryl methyl sites for hydroxylation is 2. The normalized spacial score (nSPS) is 20.7. The van der Waals surface area contributed by atoms with E-state index < -0.39 is 6.36 Å². The van der Waals surface area contributed by atoms with Crippen molar-refractivity contribution in [2.75, 3.05) is 24.6 Å². The molecule has 1 unspecified atom stereocenters. The van der Waals surface area contributed by atoms with Gasteiger partial charge in [-0.05, 0) is 43.4 Å². The summed E-state index contributed by atoms with van der Waals surface area (Å²) in [6, 6.07) is 6.02. The number of aromatic nitrogens is 1. The molecule has 1 aliphatic carbocycles. The molecule has 26 heavy (non-hydrogen) atoms. The molecule has 2 aromatic rings. The van der Waals surface area contributed by atoms with Crippen LogP contribution in [0.1, 0.15) is 35.1 Å². The van der Waals surface area contributed by atoms with Crippen LogP contribution in [0.3, 0.4) is 0 Å². The third-order valence-electron chi connectivity index (χ3n) is 4.63. The molecule has 0 radical (unpaired) electrons. The first-order valence-corrected chi connectivity index (χ1v) is 9.50. The van der Waals surface area contributed by atoms with Gasteiger partial charge in [0.05, 0.1) is 18.8 Å². The number of nitrogens with zero attached hydrogens (tertiary/aromatic N) is 2. The third-order valence-corrected chi connectivity index (χ3v) is 5.85. The SMILES string of the molecule is FC(F)(F)Oc1cccc(C2CN(c3nc4c(s3)CCCC4)CCO2)c1. The van der Waals surface area contributed by atoms with Crippen molar-refractivity contribution in [3.63, 3.8) is 0 Å². The molecule has 0 amide bonds. The zero-order valence-corrected chi connectivity index (χ0v) is 14.9. The highest BCUT2D eigenvalue weighted by molar-refractivity contribution is 7.15. The van der Waals surface area contributed by atoms with Gasteiger partial charge in [-0.15, -0.1) is 24.5 Å². The molecule has 0 saturated carbocycles. The fourth-order valence-corrected chi connectivity index (χ4v) is 4.59. The van der Waals surface area contributed by atoms with E-state index in [-0.39, 0.29) is 11.9 Å². The van der Waals surface area contributed by atoms with Crippen LogP contribution in [0.2, 0.25) is 0 Å². The summed E-state index contributed by atoms with van der Waals surface area (Å²) in [4.78, 5) is 8.33. The number of fused-ring (bicyclic) bond motifs is 1. The molecule has 4 rings (SSSR count). The third kappa shape index (κ3) is 3.96. The van der Waals surface area contributed by atoms with Gasteiger partial charge in [0.2, 0.25) is 0 Å². The number of thiazole rings is 1. The first-order valence-electron chi connectivity index (χ1n) is 8.69. The number of rotatable bonds is 3. The number of ether oxygens (including phenoxy) is 2. The van der Waals surface area contributed by atoms with E-state index in [0.29, 0.717) is 18.7 Å². The number of hydrogen-bond donors (Lipinski definition) is 0. The van der Waals surface area contributed by atoms with Crippen molar-refractivity contribution >= 4 is 16.5 Å². The van der Waals surface area contributed by atoms with Gasteiger partial charge in [0.1, 0.15) is 11.9 Å². The van der Waals surface area contributed by atoms with Crippen LogP contribution in [-0.4, -0.2) is 31.0 Å². The van der Waals surface area contributed by atoms with E-state index in [4.69, 9.17) is 9.72 Å². The fraction of sp³-hybridized carbons (Fsp3) is 0.500. The Kier molecular flexibility index (Phi) is 4.79. The van der Waals surface area contributed by atoms with Gasteiger partial charge in [-0.2, -0.15) is 0 Å². The molecule has 0 bridgehead atoms. The first kappa shape index (κ1) is 17.6. The summed E-state index contributed by atoms with van der Waals surface area (Å²) in [6.45, 7) is 1.82. The van der Waals surface area contributed by atoms with Gasteiger partial charge in [0.15, 0.2) is 5.13 Å². The second-order valence-corrected chi connectivity index (χ2v) is 7.56. The lowest BCUT2D eigenvalue weighted by Crippen LogP contribution is -2.38. The molecule has 1 fully saturated rings. The summed E-state index contributed by atoms with van der Waals surface area (Å²) in [5.74, 6) is -0.222. The van der Waals surface area contributed by atoms with Crippen molar-refractivity contribution in [1.82, 2.24) is 4.98 Å². The largest absolute Gasteiger partial charge is 0.573 e. The van der Waals surface area contributed by atoms with E-state index >= 15 is 0 Å². The Labute approximate surface area is 153 Å². The predicted molar refractivity (Wildman–Crippen MR) is 92.8 cm³/mol. The minimum absolute atomic E-state index is 0.222. The fourth-order valence-electron chi connectivity index (χ4n) is 3.41. The standard InChI is InChI=1S/C18H19F3N2O2S/c19-18(20,21)25-13-5-3-4-12(10-13)15-11-23(8-9-24-15)17-22-14-6-1-2-7-16(14)26-17/h3-5,10,15H,1-2,6-9,11H2. The lowest BCUT2D eigenvalue weighted by atomic mass is 10.0. The second kappa shape index (κ2) is 7.08. The van der Waals surface area contributed by atoms with E-state index in [9.17, 15) is 13.2 Å². The molecule has 0 N–H and O–H groups in total. The van der Waals surface area contributed by atoms with Crippen LogP contribution in [0.15, 0.2) is 24.3 Å². The van der Waals surface area contributed by atoms with Crippen LogP contribution in [0.5, 0.6) is 5.75 Å². The minimum Gasteiger partial charge on any atom is -0.406 e. The average Bonchev–Trinajstić information content (AvgIpc) is 3.05. The van der Waals surface area contributed by atoms with Crippen LogP contribution in [0.25, 0.3) is 0 Å². The molecule has 0 spiro atoms. The van der Waals surface area contributed by atoms with Gasteiger partial charge in [-0.3, -0.25) is 0 Å². The maximum absolute atomic E-state index is 12.4. The molecule has 140 valence electrons. The molecule has 1 aromatic carbocycles. The topological polar surface area (TPSA) is 34.6 Å². The molecule has 2 heterocycles. The average molecular weight is 384 g/mol.